The first-order chi connectivity index (χ1) is 10.7. The minimum Gasteiger partial charge on any atom is -0.362 e. The Labute approximate surface area is 149 Å². The zero-order valence-corrected chi connectivity index (χ0v) is 16.1. The van der Waals surface area contributed by atoms with Crippen molar-refractivity contribution in [3.05, 3.63) is 28.7 Å². The van der Waals surface area contributed by atoms with E-state index in [0.717, 1.165) is 16.7 Å². The number of rotatable bonds is 11. The third kappa shape index (κ3) is 10.2. The Kier molecular flexibility index (Phi) is 11.4. The van der Waals surface area contributed by atoms with E-state index in [1.54, 1.807) is 0 Å². The maximum atomic E-state index is 5.30. The van der Waals surface area contributed by atoms with Crippen molar-refractivity contribution in [1.82, 2.24) is 5.32 Å². The Morgan fingerprint density at radius 2 is 1.45 bits per heavy atom. The number of hydrogen-bond donors (Lipinski definition) is 2. The van der Waals surface area contributed by atoms with Crippen LogP contribution >= 0.6 is 28.1 Å². The van der Waals surface area contributed by atoms with Gasteiger partial charge in [0.2, 0.25) is 0 Å². The summed E-state index contributed by atoms with van der Waals surface area (Å²) < 4.78 is 1.08. The van der Waals surface area contributed by atoms with Gasteiger partial charge in [-0.25, -0.2) is 0 Å². The minimum absolute atomic E-state index is 0.710. The lowest BCUT2D eigenvalue weighted by Crippen LogP contribution is -2.29. The second-order valence-corrected chi connectivity index (χ2v) is 7.04. The van der Waals surface area contributed by atoms with Gasteiger partial charge in [-0.2, -0.15) is 0 Å². The number of halogens is 1. The van der Waals surface area contributed by atoms with Gasteiger partial charge in [0.15, 0.2) is 5.11 Å². The fourth-order valence-electron chi connectivity index (χ4n) is 2.35. The molecule has 1 aromatic carbocycles. The standard InChI is InChI=1S/C18H29BrN2S/c1-2-3-4-5-6-7-8-9-10-15-20-18(22)21-17-13-11-16(19)12-14-17/h11-14H,2-10,15H2,1H3,(H2,20,21,22). The molecule has 0 aromatic heterocycles. The lowest BCUT2D eigenvalue weighted by atomic mass is 10.1. The van der Waals surface area contributed by atoms with Crippen molar-refractivity contribution >= 4 is 38.9 Å². The number of unbranched alkanes of at least 4 members (excludes halogenated alkanes) is 8. The molecule has 0 unspecified atom stereocenters. The smallest absolute Gasteiger partial charge is 0.170 e. The van der Waals surface area contributed by atoms with E-state index < -0.39 is 0 Å². The van der Waals surface area contributed by atoms with Crippen molar-refractivity contribution in [2.24, 2.45) is 0 Å². The van der Waals surface area contributed by atoms with Gasteiger partial charge in [-0.3, -0.25) is 0 Å². The highest BCUT2D eigenvalue weighted by Crippen LogP contribution is 2.14. The number of nitrogens with one attached hydrogen (secondary N) is 2. The third-order valence-corrected chi connectivity index (χ3v) is 4.44. The first kappa shape index (κ1) is 19.4. The first-order valence-electron chi connectivity index (χ1n) is 8.53. The van der Waals surface area contributed by atoms with Gasteiger partial charge in [0.05, 0.1) is 0 Å². The van der Waals surface area contributed by atoms with E-state index >= 15 is 0 Å². The molecule has 0 saturated carbocycles. The molecule has 0 fully saturated rings. The van der Waals surface area contributed by atoms with Crippen LogP contribution in [0.15, 0.2) is 28.7 Å². The molecule has 2 N–H and O–H groups in total. The highest BCUT2D eigenvalue weighted by atomic mass is 79.9. The van der Waals surface area contributed by atoms with E-state index in [1.165, 1.54) is 57.8 Å². The zero-order chi connectivity index (χ0) is 16.0. The Hall–Kier alpha value is -0.610. The summed E-state index contributed by atoms with van der Waals surface area (Å²) in [6, 6.07) is 8.03. The Morgan fingerprint density at radius 1 is 0.909 bits per heavy atom. The van der Waals surface area contributed by atoms with E-state index in [2.05, 4.69) is 33.5 Å². The minimum atomic E-state index is 0.710. The molecule has 1 aromatic rings. The predicted molar refractivity (Wildman–Crippen MR) is 106 cm³/mol. The van der Waals surface area contributed by atoms with Crippen molar-refractivity contribution in [3.8, 4) is 0 Å². The summed E-state index contributed by atoms with van der Waals surface area (Å²) in [5.41, 5.74) is 1.02. The largest absolute Gasteiger partial charge is 0.362 e. The SMILES string of the molecule is CCCCCCCCCCCNC(=S)Nc1ccc(Br)cc1. The fraction of sp³-hybridized carbons (Fsp3) is 0.611. The molecule has 0 aliphatic heterocycles. The molecule has 0 radical (unpaired) electrons. The summed E-state index contributed by atoms with van der Waals surface area (Å²) in [6.07, 6.45) is 12.2. The number of hydrogen-bond acceptors (Lipinski definition) is 1. The average molecular weight is 385 g/mol. The van der Waals surface area contributed by atoms with Crippen molar-refractivity contribution in [3.63, 3.8) is 0 Å². The molecule has 0 amide bonds. The van der Waals surface area contributed by atoms with Crippen molar-refractivity contribution in [2.45, 2.75) is 64.7 Å². The van der Waals surface area contributed by atoms with Crippen LogP contribution in [0.2, 0.25) is 0 Å². The highest BCUT2D eigenvalue weighted by Gasteiger charge is 1.97. The van der Waals surface area contributed by atoms with Gasteiger partial charge in [0, 0.05) is 16.7 Å². The first-order valence-corrected chi connectivity index (χ1v) is 9.73. The summed E-state index contributed by atoms with van der Waals surface area (Å²) in [6.45, 7) is 3.22. The van der Waals surface area contributed by atoms with Gasteiger partial charge in [0.1, 0.15) is 0 Å². The van der Waals surface area contributed by atoms with Gasteiger partial charge in [-0.1, -0.05) is 74.2 Å². The van der Waals surface area contributed by atoms with Crippen molar-refractivity contribution in [1.29, 1.82) is 0 Å². The van der Waals surface area contributed by atoms with Gasteiger partial charge in [-0.05, 0) is 42.9 Å². The van der Waals surface area contributed by atoms with Gasteiger partial charge >= 0.3 is 0 Å². The second-order valence-electron chi connectivity index (χ2n) is 5.72. The molecule has 22 heavy (non-hydrogen) atoms. The number of anilines is 1. The quantitative estimate of drug-likeness (QED) is 0.347. The molecular weight excluding hydrogens is 356 g/mol. The van der Waals surface area contributed by atoms with E-state index in [0.29, 0.717) is 5.11 Å². The van der Waals surface area contributed by atoms with Crippen LogP contribution in [-0.2, 0) is 0 Å². The Morgan fingerprint density at radius 3 is 2.05 bits per heavy atom. The molecule has 4 heteroatoms. The van der Waals surface area contributed by atoms with Crippen LogP contribution < -0.4 is 10.6 Å². The van der Waals surface area contributed by atoms with Crippen LogP contribution in [0, 0.1) is 0 Å². The zero-order valence-electron chi connectivity index (χ0n) is 13.7. The molecule has 0 atom stereocenters. The van der Waals surface area contributed by atoms with Crippen LogP contribution in [0.25, 0.3) is 0 Å². The maximum Gasteiger partial charge on any atom is 0.170 e. The predicted octanol–water partition coefficient (Wildman–Crippen LogP) is 6.27. The molecule has 2 nitrogen and oxygen atoms in total. The molecule has 0 bridgehead atoms. The molecule has 0 saturated heterocycles. The van der Waals surface area contributed by atoms with Crippen LogP contribution in [0.1, 0.15) is 64.7 Å². The van der Waals surface area contributed by atoms with E-state index in [4.69, 9.17) is 12.2 Å². The van der Waals surface area contributed by atoms with Crippen LogP contribution in [0.4, 0.5) is 5.69 Å². The molecule has 0 aliphatic carbocycles. The maximum absolute atomic E-state index is 5.30. The molecule has 124 valence electrons. The fourth-order valence-corrected chi connectivity index (χ4v) is 2.83. The highest BCUT2D eigenvalue weighted by molar-refractivity contribution is 9.10. The van der Waals surface area contributed by atoms with Crippen molar-refractivity contribution in [2.75, 3.05) is 11.9 Å². The normalized spacial score (nSPS) is 10.5. The molecular formula is C18H29BrN2S. The number of benzene rings is 1. The molecule has 1 rings (SSSR count). The molecule has 0 aliphatic rings. The molecule has 0 heterocycles. The van der Waals surface area contributed by atoms with Crippen molar-refractivity contribution < 1.29 is 0 Å². The van der Waals surface area contributed by atoms with E-state index in [9.17, 15) is 0 Å². The lowest BCUT2D eigenvalue weighted by molar-refractivity contribution is 0.563. The van der Waals surface area contributed by atoms with Crippen LogP contribution in [0.3, 0.4) is 0 Å². The second kappa shape index (κ2) is 12.9. The molecule has 0 spiro atoms. The monoisotopic (exact) mass is 384 g/mol. The lowest BCUT2D eigenvalue weighted by Gasteiger charge is -2.10. The summed E-state index contributed by atoms with van der Waals surface area (Å²) in [5.74, 6) is 0. The van der Waals surface area contributed by atoms with Gasteiger partial charge in [0.25, 0.3) is 0 Å². The summed E-state index contributed by atoms with van der Waals surface area (Å²) in [4.78, 5) is 0. The van der Waals surface area contributed by atoms with E-state index in [1.807, 2.05) is 24.3 Å². The summed E-state index contributed by atoms with van der Waals surface area (Å²) >= 11 is 8.72. The Bertz CT molecular complexity index is 406. The van der Waals surface area contributed by atoms with E-state index in [-0.39, 0.29) is 0 Å². The average Bonchev–Trinajstić information content (AvgIpc) is 2.51. The Balaban J connectivity index is 1.93. The van der Waals surface area contributed by atoms with Gasteiger partial charge in [-0.15, -0.1) is 0 Å². The summed E-state index contributed by atoms with van der Waals surface area (Å²) in [5, 5.41) is 7.18. The topological polar surface area (TPSA) is 24.1 Å². The van der Waals surface area contributed by atoms with Crippen LogP contribution in [-0.4, -0.2) is 11.7 Å². The van der Waals surface area contributed by atoms with Crippen LogP contribution in [0.5, 0.6) is 0 Å². The summed E-state index contributed by atoms with van der Waals surface area (Å²) in [7, 11) is 0. The van der Waals surface area contributed by atoms with Gasteiger partial charge < -0.3 is 10.6 Å². The third-order valence-electron chi connectivity index (χ3n) is 3.67. The number of thiocarbonyl (C=S) groups is 1.